The summed E-state index contributed by atoms with van der Waals surface area (Å²) in [6.07, 6.45) is 9.05. The number of hydrogen-bond donors (Lipinski definition) is 1. The molecule has 2 unspecified atom stereocenters. The summed E-state index contributed by atoms with van der Waals surface area (Å²) in [4.78, 5) is 0. The third kappa shape index (κ3) is 15.4. The van der Waals surface area contributed by atoms with E-state index in [0.29, 0.717) is 19.3 Å². The van der Waals surface area contributed by atoms with Gasteiger partial charge in [-0.1, -0.05) is 0 Å². The minimum Gasteiger partial charge on any atom is -0.377 e. The Morgan fingerprint density at radius 2 is 1.08 bits per heavy atom. The zero-order valence-corrected chi connectivity index (χ0v) is 18.4. The lowest BCUT2D eigenvalue weighted by Crippen LogP contribution is -2.20. The average molecular weight is 399 g/mol. The van der Waals surface area contributed by atoms with Crippen LogP contribution in [-0.2, 0) is 23.7 Å². The smallest absolute Gasteiger partial charge is 0.157 e. The van der Waals surface area contributed by atoms with Gasteiger partial charge in [-0.15, -0.1) is 17.2 Å². The molecule has 0 bridgehead atoms. The molecule has 2 atom stereocenters. The van der Waals surface area contributed by atoms with Crippen LogP contribution in [0.5, 0.6) is 0 Å². The average Bonchev–Trinajstić information content (AvgIpc) is 2.64. The predicted octanol–water partition coefficient (Wildman–Crippen LogP) is 2.49. The minimum atomic E-state index is -0.0685. The standard InChI is InChI=1S/C17H39NO5P2/c1-19-16(20-2)7-13-24-11-5-15(23-10-9-18)6-12-25-14-8-17(21-3)22-4/h15-17,24-25H,5-14,18H2,1-4H3. The summed E-state index contributed by atoms with van der Waals surface area (Å²) in [6.45, 7) is 1.25. The highest BCUT2D eigenvalue weighted by atomic mass is 31.1. The number of hydrogen-bond acceptors (Lipinski definition) is 6. The van der Waals surface area contributed by atoms with Gasteiger partial charge in [0.15, 0.2) is 12.6 Å². The second-order valence-electron chi connectivity index (χ2n) is 5.74. The van der Waals surface area contributed by atoms with Gasteiger partial charge in [0.2, 0.25) is 0 Å². The van der Waals surface area contributed by atoms with Crippen LogP contribution in [-0.4, -0.2) is 84.9 Å². The topological polar surface area (TPSA) is 72.2 Å². The van der Waals surface area contributed by atoms with Crippen molar-refractivity contribution in [2.75, 3.05) is 66.2 Å². The van der Waals surface area contributed by atoms with Gasteiger partial charge in [0.25, 0.3) is 0 Å². The Kier molecular flexibility index (Phi) is 19.9. The first-order valence-electron chi connectivity index (χ1n) is 9.06. The van der Waals surface area contributed by atoms with Crippen LogP contribution in [0.3, 0.4) is 0 Å². The van der Waals surface area contributed by atoms with Gasteiger partial charge < -0.3 is 29.4 Å². The van der Waals surface area contributed by atoms with Crippen LogP contribution >= 0.6 is 17.2 Å². The predicted molar refractivity (Wildman–Crippen MR) is 109 cm³/mol. The summed E-state index contributed by atoms with van der Waals surface area (Å²) < 4.78 is 26.8. The fourth-order valence-corrected chi connectivity index (χ4v) is 4.86. The van der Waals surface area contributed by atoms with Crippen molar-refractivity contribution in [2.45, 2.75) is 44.4 Å². The molecule has 0 radical (unpaired) electrons. The Bertz CT molecular complexity index is 247. The van der Waals surface area contributed by atoms with Gasteiger partial charge in [-0.25, -0.2) is 0 Å². The van der Waals surface area contributed by atoms with E-state index in [-0.39, 0.29) is 12.6 Å². The van der Waals surface area contributed by atoms with Crippen LogP contribution < -0.4 is 5.73 Å². The summed E-state index contributed by atoms with van der Waals surface area (Å²) in [7, 11) is 8.62. The number of rotatable bonds is 19. The maximum atomic E-state index is 5.92. The molecule has 0 amide bonds. The Morgan fingerprint density at radius 3 is 1.44 bits per heavy atom. The summed E-state index contributed by atoms with van der Waals surface area (Å²) >= 11 is 0. The van der Waals surface area contributed by atoms with Gasteiger partial charge in [-0.3, -0.25) is 0 Å². The van der Waals surface area contributed by atoms with Crippen molar-refractivity contribution >= 4 is 17.2 Å². The van der Waals surface area contributed by atoms with E-state index in [1.807, 2.05) is 0 Å². The monoisotopic (exact) mass is 399 g/mol. The lowest BCUT2D eigenvalue weighted by molar-refractivity contribution is -0.102. The molecule has 0 saturated heterocycles. The fourth-order valence-electron chi connectivity index (χ4n) is 2.43. The van der Waals surface area contributed by atoms with Crippen molar-refractivity contribution in [3.05, 3.63) is 0 Å². The molecule has 0 saturated carbocycles. The molecule has 8 heteroatoms. The van der Waals surface area contributed by atoms with E-state index in [9.17, 15) is 0 Å². The van der Waals surface area contributed by atoms with Crippen LogP contribution in [0.4, 0.5) is 0 Å². The Labute approximate surface area is 157 Å². The summed E-state index contributed by atoms with van der Waals surface area (Å²) in [5.74, 6) is 0. The highest BCUT2D eigenvalue weighted by Gasteiger charge is 2.10. The van der Waals surface area contributed by atoms with E-state index in [2.05, 4.69) is 0 Å². The lowest BCUT2D eigenvalue weighted by atomic mass is 10.2. The molecule has 152 valence electrons. The van der Waals surface area contributed by atoms with Crippen LogP contribution in [0.25, 0.3) is 0 Å². The maximum absolute atomic E-state index is 5.92. The second-order valence-corrected chi connectivity index (χ2v) is 8.74. The van der Waals surface area contributed by atoms with Crippen molar-refractivity contribution in [3.63, 3.8) is 0 Å². The fraction of sp³-hybridized carbons (Fsp3) is 1.00. The van der Waals surface area contributed by atoms with E-state index in [1.165, 1.54) is 12.3 Å². The number of nitrogens with two attached hydrogens (primary N) is 1. The lowest BCUT2D eigenvalue weighted by Gasteiger charge is -2.18. The quantitative estimate of drug-likeness (QED) is 0.204. The molecule has 0 aromatic heterocycles. The molecule has 6 nitrogen and oxygen atoms in total. The second kappa shape index (κ2) is 19.4. The normalized spacial score (nSPS) is 14.0. The molecule has 0 spiro atoms. The van der Waals surface area contributed by atoms with Crippen molar-refractivity contribution in [2.24, 2.45) is 5.73 Å². The summed E-state index contributed by atoms with van der Waals surface area (Å²) in [6, 6.07) is 0. The van der Waals surface area contributed by atoms with E-state index in [4.69, 9.17) is 29.4 Å². The van der Waals surface area contributed by atoms with E-state index < -0.39 is 0 Å². The molecule has 0 aliphatic carbocycles. The number of methoxy groups -OCH3 is 4. The van der Waals surface area contributed by atoms with Crippen LogP contribution in [0.15, 0.2) is 0 Å². The Hall–Kier alpha value is 0.620. The van der Waals surface area contributed by atoms with Crippen LogP contribution in [0.2, 0.25) is 0 Å². The largest absolute Gasteiger partial charge is 0.377 e. The molecular weight excluding hydrogens is 360 g/mol. The van der Waals surface area contributed by atoms with Gasteiger partial charge in [-0.05, 0) is 37.5 Å². The van der Waals surface area contributed by atoms with Crippen molar-refractivity contribution < 1.29 is 23.7 Å². The molecule has 0 aliphatic rings. The van der Waals surface area contributed by atoms with E-state index >= 15 is 0 Å². The Balaban J connectivity index is 3.81. The molecule has 25 heavy (non-hydrogen) atoms. The van der Waals surface area contributed by atoms with E-state index in [0.717, 1.165) is 55.2 Å². The molecular formula is C17H39NO5P2. The molecule has 2 N–H and O–H groups in total. The first kappa shape index (κ1) is 25.6. The van der Waals surface area contributed by atoms with Gasteiger partial charge in [0, 0.05) is 47.8 Å². The minimum absolute atomic E-state index is 0.0685. The van der Waals surface area contributed by atoms with Gasteiger partial charge in [0.05, 0.1) is 12.7 Å². The van der Waals surface area contributed by atoms with Gasteiger partial charge in [0.1, 0.15) is 0 Å². The molecule has 0 aliphatic heterocycles. The highest BCUT2D eigenvalue weighted by Crippen LogP contribution is 2.22. The van der Waals surface area contributed by atoms with Crippen LogP contribution in [0.1, 0.15) is 25.7 Å². The molecule has 0 aromatic carbocycles. The third-order valence-electron chi connectivity index (χ3n) is 3.92. The molecule has 0 rings (SSSR count). The van der Waals surface area contributed by atoms with Crippen molar-refractivity contribution in [1.82, 2.24) is 0 Å². The Morgan fingerprint density at radius 1 is 0.680 bits per heavy atom. The van der Waals surface area contributed by atoms with Crippen molar-refractivity contribution in [1.29, 1.82) is 0 Å². The SMILES string of the molecule is COC(CCPCCC(CCPCCC(OC)OC)OCCN)OC. The van der Waals surface area contributed by atoms with E-state index in [1.54, 1.807) is 28.4 Å². The molecule has 0 heterocycles. The van der Waals surface area contributed by atoms with Gasteiger partial charge >= 0.3 is 0 Å². The van der Waals surface area contributed by atoms with Crippen molar-refractivity contribution in [3.8, 4) is 0 Å². The molecule has 0 aromatic rings. The number of ether oxygens (including phenoxy) is 5. The zero-order chi connectivity index (χ0) is 18.8. The summed E-state index contributed by atoms with van der Waals surface area (Å²) in [5, 5.41) is 0. The van der Waals surface area contributed by atoms with Gasteiger partial charge in [-0.2, -0.15) is 0 Å². The first-order valence-corrected chi connectivity index (χ1v) is 11.9. The third-order valence-corrected chi connectivity index (χ3v) is 6.49. The first-order chi connectivity index (χ1) is 12.2. The zero-order valence-electron chi connectivity index (χ0n) is 16.4. The highest BCUT2D eigenvalue weighted by molar-refractivity contribution is 7.38. The summed E-state index contributed by atoms with van der Waals surface area (Å²) in [5.41, 5.74) is 5.58. The molecule has 0 fully saturated rings. The van der Waals surface area contributed by atoms with Crippen LogP contribution in [0, 0.1) is 0 Å². The maximum Gasteiger partial charge on any atom is 0.157 e.